The van der Waals surface area contributed by atoms with E-state index in [-0.39, 0.29) is 30.3 Å². The molecule has 2 amide bonds. The average molecular weight is 559 g/mol. The van der Waals surface area contributed by atoms with Crippen LogP contribution in [0.2, 0.25) is 0 Å². The topological polar surface area (TPSA) is 54.8 Å². The minimum absolute atomic E-state index is 0.0726. The van der Waals surface area contributed by atoms with Crippen molar-refractivity contribution in [3.8, 4) is 0 Å². The van der Waals surface area contributed by atoms with Crippen LogP contribution in [0, 0.1) is 5.92 Å². The molecule has 1 aromatic carbocycles. The highest BCUT2D eigenvalue weighted by atomic mass is 79.9. The summed E-state index contributed by atoms with van der Waals surface area (Å²) in [6.45, 7) is 2.69. The highest BCUT2D eigenvalue weighted by molar-refractivity contribution is 9.10. The Morgan fingerprint density at radius 1 is 1.03 bits per heavy atom. The molecule has 1 heterocycles. The van der Waals surface area contributed by atoms with Crippen molar-refractivity contribution in [3.05, 3.63) is 58.3 Å². The molecule has 2 aliphatic rings. The fourth-order valence-corrected chi connectivity index (χ4v) is 5.62. The van der Waals surface area contributed by atoms with Gasteiger partial charge in [0.2, 0.25) is 11.8 Å². The summed E-state index contributed by atoms with van der Waals surface area (Å²) in [7, 11) is 1.68. The van der Waals surface area contributed by atoms with Crippen molar-refractivity contribution >= 4 is 27.7 Å². The van der Waals surface area contributed by atoms with Crippen LogP contribution < -0.4 is 0 Å². The summed E-state index contributed by atoms with van der Waals surface area (Å²) >= 11 is 3.51. The lowest BCUT2D eigenvalue weighted by Crippen LogP contribution is -2.49. The van der Waals surface area contributed by atoms with E-state index in [1.807, 2.05) is 4.90 Å². The van der Waals surface area contributed by atoms with E-state index in [0.29, 0.717) is 19.7 Å². The van der Waals surface area contributed by atoms with Crippen molar-refractivity contribution in [2.24, 2.45) is 5.92 Å². The first-order valence-corrected chi connectivity index (χ1v) is 14.3. The first kappa shape index (κ1) is 26.9. The number of rotatable bonds is 12. The number of halogens is 1. The van der Waals surface area contributed by atoms with Gasteiger partial charge in [0.1, 0.15) is 0 Å². The third-order valence-corrected chi connectivity index (χ3v) is 8.26. The second-order valence-electron chi connectivity index (χ2n) is 10.3. The van der Waals surface area contributed by atoms with E-state index in [2.05, 4.69) is 68.0 Å². The fourth-order valence-electron chi connectivity index (χ4n) is 5.36. The molecule has 4 rings (SSSR count). The number of hydrogen-bond donors (Lipinski definition) is 0. The number of benzene rings is 1. The molecular weight excluding hydrogens is 518 g/mol. The van der Waals surface area contributed by atoms with Gasteiger partial charge in [-0.25, -0.2) is 0 Å². The normalized spacial score (nSPS) is 16.5. The summed E-state index contributed by atoms with van der Waals surface area (Å²) in [5.41, 5.74) is 2.36. The summed E-state index contributed by atoms with van der Waals surface area (Å²) in [6, 6.07) is 12.8. The molecule has 0 atom stereocenters. The Balaban J connectivity index is 1.49. The molecule has 0 radical (unpaired) electrons. The van der Waals surface area contributed by atoms with Crippen LogP contribution >= 0.6 is 15.9 Å². The van der Waals surface area contributed by atoms with Crippen LogP contribution in [0.15, 0.2) is 47.1 Å². The number of ether oxygens (including phenoxy) is 1. The van der Waals surface area contributed by atoms with Crippen molar-refractivity contribution in [2.75, 3.05) is 26.8 Å². The van der Waals surface area contributed by atoms with Crippen molar-refractivity contribution < 1.29 is 14.3 Å². The summed E-state index contributed by atoms with van der Waals surface area (Å²) < 4.78 is 8.53. The van der Waals surface area contributed by atoms with E-state index in [4.69, 9.17) is 4.74 Å². The second-order valence-corrected chi connectivity index (χ2v) is 11.2. The maximum Gasteiger partial charge on any atom is 0.242 e. The first-order valence-electron chi connectivity index (χ1n) is 13.5. The van der Waals surface area contributed by atoms with Gasteiger partial charge in [0.05, 0.1) is 13.1 Å². The lowest BCUT2D eigenvalue weighted by molar-refractivity contribution is -0.146. The van der Waals surface area contributed by atoms with Crippen LogP contribution in [0.3, 0.4) is 0 Å². The molecular formula is C29H40BrN3O3. The van der Waals surface area contributed by atoms with Gasteiger partial charge in [-0.3, -0.25) is 9.59 Å². The lowest BCUT2D eigenvalue weighted by Gasteiger charge is -2.37. The van der Waals surface area contributed by atoms with Crippen LogP contribution in [0.25, 0.3) is 0 Å². The number of nitrogens with zero attached hydrogens (tertiary/aromatic N) is 3. The summed E-state index contributed by atoms with van der Waals surface area (Å²) in [4.78, 5) is 30.9. The number of amides is 2. The maximum atomic E-state index is 13.8. The Labute approximate surface area is 224 Å². The van der Waals surface area contributed by atoms with Gasteiger partial charge in [-0.05, 0) is 61.9 Å². The average Bonchev–Trinajstić information content (AvgIpc) is 3.29. The monoisotopic (exact) mass is 557 g/mol. The molecule has 6 nitrogen and oxygen atoms in total. The van der Waals surface area contributed by atoms with Crippen LogP contribution in [-0.2, 0) is 27.4 Å². The number of aromatic nitrogens is 1. The Bertz CT molecular complexity index is 980. The molecule has 7 heteroatoms. The molecule has 0 spiro atoms. The summed E-state index contributed by atoms with van der Waals surface area (Å²) in [6.07, 6.45) is 11.5. The van der Waals surface area contributed by atoms with Crippen molar-refractivity contribution in [1.82, 2.24) is 14.4 Å². The standard InChI is InChI=1S/C29H40BrN3O3/c1-36-19-7-18-32(29(35)24-8-5-9-24)22-28(34)33(26-10-3-2-4-11-26)21-27-12-6-17-31(27)20-23-13-15-25(30)16-14-23/h6,12-17,24,26H,2-5,7-11,18-22H2,1H3. The van der Waals surface area contributed by atoms with E-state index in [0.717, 1.165) is 68.1 Å². The summed E-state index contributed by atoms with van der Waals surface area (Å²) in [5, 5.41) is 0. The van der Waals surface area contributed by atoms with Gasteiger partial charge in [-0.2, -0.15) is 0 Å². The van der Waals surface area contributed by atoms with Gasteiger partial charge >= 0.3 is 0 Å². The summed E-state index contributed by atoms with van der Waals surface area (Å²) in [5.74, 6) is 0.308. The van der Waals surface area contributed by atoms with Gasteiger partial charge in [-0.1, -0.05) is 53.7 Å². The number of methoxy groups -OCH3 is 1. The molecule has 36 heavy (non-hydrogen) atoms. The Kier molecular flexibility index (Phi) is 10.0. The van der Waals surface area contributed by atoms with Gasteiger partial charge in [0, 0.05) is 55.1 Å². The first-order chi connectivity index (χ1) is 17.5. The molecule has 2 aliphatic carbocycles. The zero-order chi connectivity index (χ0) is 25.3. The largest absolute Gasteiger partial charge is 0.385 e. The molecule has 2 saturated carbocycles. The van der Waals surface area contributed by atoms with E-state index in [1.165, 1.54) is 12.0 Å². The number of hydrogen-bond acceptors (Lipinski definition) is 3. The molecule has 0 saturated heterocycles. The highest BCUT2D eigenvalue weighted by Crippen LogP contribution is 2.29. The van der Waals surface area contributed by atoms with E-state index in [9.17, 15) is 9.59 Å². The Hall–Kier alpha value is -2.12. The van der Waals surface area contributed by atoms with Crippen molar-refractivity contribution in [1.29, 1.82) is 0 Å². The fraction of sp³-hybridized carbons (Fsp3) is 0.586. The minimum atomic E-state index is 0.0726. The van der Waals surface area contributed by atoms with E-state index < -0.39 is 0 Å². The molecule has 2 fully saturated rings. The van der Waals surface area contributed by atoms with Gasteiger partial charge in [0.15, 0.2) is 0 Å². The molecule has 2 aromatic rings. The zero-order valence-electron chi connectivity index (χ0n) is 21.5. The third kappa shape index (κ3) is 7.22. The smallest absolute Gasteiger partial charge is 0.242 e. The molecule has 0 aliphatic heterocycles. The predicted octanol–water partition coefficient (Wildman–Crippen LogP) is 5.63. The SMILES string of the molecule is COCCCN(CC(=O)N(Cc1cccn1Cc1ccc(Br)cc1)C1CCCCC1)C(=O)C1CCC1. The van der Waals surface area contributed by atoms with Crippen molar-refractivity contribution in [2.45, 2.75) is 76.9 Å². The molecule has 0 bridgehead atoms. The van der Waals surface area contributed by atoms with Crippen LogP contribution in [0.4, 0.5) is 0 Å². The Morgan fingerprint density at radius 3 is 2.44 bits per heavy atom. The minimum Gasteiger partial charge on any atom is -0.385 e. The van der Waals surface area contributed by atoms with Crippen molar-refractivity contribution in [3.63, 3.8) is 0 Å². The highest BCUT2D eigenvalue weighted by Gasteiger charge is 2.33. The van der Waals surface area contributed by atoms with E-state index in [1.54, 1.807) is 7.11 Å². The van der Waals surface area contributed by atoms with Crippen LogP contribution in [-0.4, -0.2) is 59.0 Å². The third-order valence-electron chi connectivity index (χ3n) is 7.73. The molecule has 0 N–H and O–H groups in total. The quantitative estimate of drug-likeness (QED) is 0.318. The molecule has 196 valence electrons. The number of carbonyl (C=O) groups excluding carboxylic acids is 2. The van der Waals surface area contributed by atoms with Crippen LogP contribution in [0.1, 0.15) is 69.0 Å². The van der Waals surface area contributed by atoms with Crippen LogP contribution in [0.5, 0.6) is 0 Å². The second kappa shape index (κ2) is 13.4. The lowest BCUT2D eigenvalue weighted by atomic mass is 9.84. The maximum absolute atomic E-state index is 13.8. The van der Waals surface area contributed by atoms with Gasteiger partial charge in [-0.15, -0.1) is 0 Å². The Morgan fingerprint density at radius 2 is 1.78 bits per heavy atom. The predicted molar refractivity (Wildman–Crippen MR) is 146 cm³/mol. The van der Waals surface area contributed by atoms with E-state index >= 15 is 0 Å². The van der Waals surface area contributed by atoms with Gasteiger partial charge < -0.3 is 19.1 Å². The number of carbonyl (C=O) groups is 2. The molecule has 0 unspecified atom stereocenters. The zero-order valence-corrected chi connectivity index (χ0v) is 23.1. The molecule has 1 aromatic heterocycles. The van der Waals surface area contributed by atoms with Gasteiger partial charge in [0.25, 0.3) is 0 Å².